The van der Waals surface area contributed by atoms with E-state index in [2.05, 4.69) is 5.32 Å². The summed E-state index contributed by atoms with van der Waals surface area (Å²) in [4.78, 5) is 39.1. The smallest absolute Gasteiger partial charge is 0.242 e. The summed E-state index contributed by atoms with van der Waals surface area (Å²) in [6.45, 7) is 4.10. The van der Waals surface area contributed by atoms with Crippen LogP contribution in [0.3, 0.4) is 0 Å². The monoisotopic (exact) mass is 283 g/mol. The molecule has 2 fully saturated rings. The van der Waals surface area contributed by atoms with Crippen molar-refractivity contribution in [2.45, 2.75) is 19.4 Å². The first kappa shape index (κ1) is 14.8. The molecule has 0 saturated carbocycles. The predicted molar refractivity (Wildman–Crippen MR) is 70.7 cm³/mol. The van der Waals surface area contributed by atoms with Crippen molar-refractivity contribution in [3.8, 4) is 0 Å². The Kier molecular flexibility index (Phi) is 4.59. The minimum absolute atomic E-state index is 0.0190. The van der Waals surface area contributed by atoms with Crippen LogP contribution >= 0.6 is 0 Å². The number of piperazine rings is 1. The number of hydrogen-bond donors (Lipinski definition) is 1. The van der Waals surface area contributed by atoms with Crippen molar-refractivity contribution in [3.63, 3.8) is 0 Å². The number of nitrogens with one attached hydrogen (secondary N) is 1. The van der Waals surface area contributed by atoms with Gasteiger partial charge in [-0.25, -0.2) is 0 Å². The topological polar surface area (TPSA) is 79.0 Å². The molecule has 0 aromatic heterocycles. The summed E-state index contributed by atoms with van der Waals surface area (Å²) in [5.41, 5.74) is 0. The van der Waals surface area contributed by atoms with Gasteiger partial charge < -0.3 is 19.9 Å². The van der Waals surface area contributed by atoms with Crippen LogP contribution < -0.4 is 5.32 Å². The van der Waals surface area contributed by atoms with E-state index in [1.54, 1.807) is 23.8 Å². The van der Waals surface area contributed by atoms with Gasteiger partial charge in [0.2, 0.25) is 17.7 Å². The number of ether oxygens (including phenoxy) is 1. The molecule has 0 radical (unpaired) electrons. The quantitative estimate of drug-likeness (QED) is 0.705. The molecule has 0 aromatic carbocycles. The van der Waals surface area contributed by atoms with E-state index in [0.29, 0.717) is 32.8 Å². The first-order valence-corrected chi connectivity index (χ1v) is 6.89. The van der Waals surface area contributed by atoms with Crippen LogP contribution in [0.5, 0.6) is 0 Å². The maximum atomic E-state index is 12.5. The largest absolute Gasteiger partial charge is 0.383 e. The maximum Gasteiger partial charge on any atom is 0.242 e. The summed E-state index contributed by atoms with van der Waals surface area (Å²) in [7, 11) is 1.58. The molecule has 0 bridgehead atoms. The van der Waals surface area contributed by atoms with E-state index in [4.69, 9.17) is 4.74 Å². The van der Waals surface area contributed by atoms with Crippen LogP contribution in [-0.2, 0) is 19.1 Å². The molecule has 2 heterocycles. The molecule has 2 saturated heterocycles. The number of carbonyl (C=O) groups excluding carboxylic acids is 3. The van der Waals surface area contributed by atoms with Gasteiger partial charge in [0, 0.05) is 39.7 Å². The highest BCUT2D eigenvalue weighted by Gasteiger charge is 2.39. The number of carbonyl (C=O) groups is 3. The highest BCUT2D eigenvalue weighted by atomic mass is 16.5. The second-order valence-corrected chi connectivity index (χ2v) is 5.23. The molecular formula is C13H21N3O4. The summed E-state index contributed by atoms with van der Waals surface area (Å²) in [6.07, 6.45) is 0.230. The standard InChI is InChI=1S/C13H21N3O4/c1-9-12(18)14-3-4-16(9)13(19)10-7-11(17)15(8-10)5-6-20-2/h9-10H,3-8H2,1-2H3,(H,14,18). The zero-order chi connectivity index (χ0) is 14.7. The molecule has 0 aromatic rings. The molecule has 2 unspecified atom stereocenters. The molecule has 7 heteroatoms. The van der Waals surface area contributed by atoms with Crippen LogP contribution in [0.2, 0.25) is 0 Å². The Labute approximate surface area is 118 Å². The minimum Gasteiger partial charge on any atom is -0.383 e. The molecule has 112 valence electrons. The second kappa shape index (κ2) is 6.21. The number of amides is 3. The van der Waals surface area contributed by atoms with Crippen molar-refractivity contribution in [1.82, 2.24) is 15.1 Å². The number of methoxy groups -OCH3 is 1. The van der Waals surface area contributed by atoms with Crippen LogP contribution in [0.1, 0.15) is 13.3 Å². The van der Waals surface area contributed by atoms with Gasteiger partial charge in [0.25, 0.3) is 0 Å². The van der Waals surface area contributed by atoms with Gasteiger partial charge in [-0.1, -0.05) is 0 Å². The molecule has 20 heavy (non-hydrogen) atoms. The van der Waals surface area contributed by atoms with E-state index in [9.17, 15) is 14.4 Å². The predicted octanol–water partition coefficient (Wildman–Crippen LogP) is -1.17. The van der Waals surface area contributed by atoms with E-state index >= 15 is 0 Å². The molecule has 1 N–H and O–H groups in total. The summed E-state index contributed by atoms with van der Waals surface area (Å²) in [6, 6.07) is -0.459. The van der Waals surface area contributed by atoms with E-state index < -0.39 is 6.04 Å². The van der Waals surface area contributed by atoms with Crippen LogP contribution in [0.4, 0.5) is 0 Å². The van der Waals surface area contributed by atoms with Crippen molar-refractivity contribution in [1.29, 1.82) is 0 Å². The average molecular weight is 283 g/mol. The van der Waals surface area contributed by atoms with Crippen LogP contribution in [0.15, 0.2) is 0 Å². The normalized spacial score (nSPS) is 26.9. The van der Waals surface area contributed by atoms with Gasteiger partial charge in [0.05, 0.1) is 12.5 Å². The molecule has 2 aliphatic heterocycles. The van der Waals surface area contributed by atoms with Gasteiger partial charge in [0.1, 0.15) is 6.04 Å². The fourth-order valence-electron chi connectivity index (χ4n) is 2.67. The van der Waals surface area contributed by atoms with Crippen molar-refractivity contribution >= 4 is 17.7 Å². The highest BCUT2D eigenvalue weighted by molar-refractivity contribution is 5.93. The number of nitrogens with zero attached hydrogens (tertiary/aromatic N) is 2. The summed E-state index contributed by atoms with van der Waals surface area (Å²) in [5.74, 6) is -0.590. The third-order valence-corrected chi connectivity index (χ3v) is 3.91. The third kappa shape index (κ3) is 2.92. The molecule has 7 nitrogen and oxygen atoms in total. The average Bonchev–Trinajstić information content (AvgIpc) is 2.80. The maximum absolute atomic E-state index is 12.5. The van der Waals surface area contributed by atoms with Crippen molar-refractivity contribution in [2.24, 2.45) is 5.92 Å². The van der Waals surface area contributed by atoms with Gasteiger partial charge in [-0.05, 0) is 6.92 Å². The first-order chi connectivity index (χ1) is 9.54. The van der Waals surface area contributed by atoms with E-state index in [-0.39, 0.29) is 30.1 Å². The lowest BCUT2D eigenvalue weighted by atomic mass is 10.0. The summed E-state index contributed by atoms with van der Waals surface area (Å²) >= 11 is 0. The lowest BCUT2D eigenvalue weighted by molar-refractivity contribution is -0.145. The summed E-state index contributed by atoms with van der Waals surface area (Å²) < 4.78 is 4.95. The fraction of sp³-hybridized carbons (Fsp3) is 0.769. The Balaban J connectivity index is 1.96. The number of likely N-dealkylation sites (tertiary alicyclic amines) is 1. The molecule has 2 aliphatic rings. The Morgan fingerprint density at radius 3 is 2.90 bits per heavy atom. The fourth-order valence-corrected chi connectivity index (χ4v) is 2.67. The number of hydrogen-bond acceptors (Lipinski definition) is 4. The SMILES string of the molecule is COCCN1CC(C(=O)N2CCNC(=O)C2C)CC1=O. The zero-order valence-electron chi connectivity index (χ0n) is 11.9. The van der Waals surface area contributed by atoms with Gasteiger partial charge >= 0.3 is 0 Å². The van der Waals surface area contributed by atoms with Crippen molar-refractivity contribution in [3.05, 3.63) is 0 Å². The Hall–Kier alpha value is -1.63. The molecular weight excluding hydrogens is 262 g/mol. The second-order valence-electron chi connectivity index (χ2n) is 5.23. The van der Waals surface area contributed by atoms with E-state index in [1.165, 1.54) is 0 Å². The van der Waals surface area contributed by atoms with Gasteiger partial charge in [-0.2, -0.15) is 0 Å². The Morgan fingerprint density at radius 1 is 1.45 bits per heavy atom. The highest BCUT2D eigenvalue weighted by Crippen LogP contribution is 2.21. The summed E-state index contributed by atoms with van der Waals surface area (Å²) in [5, 5.41) is 2.73. The lowest BCUT2D eigenvalue weighted by Gasteiger charge is -2.34. The van der Waals surface area contributed by atoms with Crippen molar-refractivity contribution in [2.75, 3.05) is 39.9 Å². The molecule has 2 rings (SSSR count). The van der Waals surface area contributed by atoms with Gasteiger partial charge in [0.15, 0.2) is 0 Å². The molecule has 0 spiro atoms. The zero-order valence-corrected chi connectivity index (χ0v) is 11.9. The van der Waals surface area contributed by atoms with Gasteiger partial charge in [-0.3, -0.25) is 14.4 Å². The van der Waals surface area contributed by atoms with Gasteiger partial charge in [-0.15, -0.1) is 0 Å². The molecule has 3 amide bonds. The minimum atomic E-state index is -0.459. The molecule has 2 atom stereocenters. The van der Waals surface area contributed by atoms with Crippen LogP contribution in [-0.4, -0.2) is 73.5 Å². The Morgan fingerprint density at radius 2 is 2.20 bits per heavy atom. The van der Waals surface area contributed by atoms with Crippen molar-refractivity contribution < 1.29 is 19.1 Å². The van der Waals surface area contributed by atoms with E-state index in [1.807, 2.05) is 0 Å². The first-order valence-electron chi connectivity index (χ1n) is 6.89. The van der Waals surface area contributed by atoms with Crippen LogP contribution in [0, 0.1) is 5.92 Å². The number of rotatable bonds is 4. The molecule has 0 aliphatic carbocycles. The Bertz CT molecular complexity index is 412. The van der Waals surface area contributed by atoms with Crippen LogP contribution in [0.25, 0.3) is 0 Å². The lowest BCUT2D eigenvalue weighted by Crippen LogP contribution is -2.57. The third-order valence-electron chi connectivity index (χ3n) is 3.91. The van der Waals surface area contributed by atoms with E-state index in [0.717, 1.165) is 0 Å².